The van der Waals surface area contributed by atoms with Gasteiger partial charge >= 0.3 is 6.09 Å². The van der Waals surface area contributed by atoms with E-state index in [4.69, 9.17) is 4.74 Å². The Morgan fingerprint density at radius 3 is 2.14 bits per heavy atom. The standard InChI is InChI=1S/C21H29N3O4.C19H19NO2/c1-20(2,3)28-19(27)24-11-9-21(10-12-24,22-14-25)18(26)23-17-8-7-15-5-4-6-16(15)13-17;21-18(16-7-2-1-3-8-16)10-11-19(22)20-13-12-15-6-4-5-9-17(15)14-20/h7-8,13-14H,4-6,9-12H2,1-3H3,(H,22,25)(H,23,26);1-9H,10-14H2. The lowest BCUT2D eigenvalue weighted by Crippen LogP contribution is -2.60. The van der Waals surface area contributed by atoms with Crippen LogP contribution in [0, 0.1) is 0 Å². The van der Waals surface area contributed by atoms with E-state index >= 15 is 0 Å². The molecule has 0 unspecified atom stereocenters. The Hall–Kier alpha value is -4.99. The summed E-state index contributed by atoms with van der Waals surface area (Å²) in [5.41, 5.74) is 4.98. The molecular weight excluding hydrogens is 632 g/mol. The SMILES string of the molecule is CC(C)(C)OC(=O)N1CCC(NC=O)(C(=O)Nc2ccc3c(c2)CCC3)CC1.O=C(CCC(=O)N1CCc2ccccc2C1)c1ccccc1. The molecule has 10 nitrogen and oxygen atoms in total. The van der Waals surface area contributed by atoms with E-state index in [2.05, 4.69) is 28.8 Å². The zero-order valence-corrected chi connectivity index (χ0v) is 29.3. The van der Waals surface area contributed by atoms with Crippen LogP contribution in [-0.4, -0.2) is 70.7 Å². The number of carbonyl (C=O) groups excluding carboxylic acids is 5. The molecule has 1 aliphatic carbocycles. The van der Waals surface area contributed by atoms with Crippen molar-refractivity contribution in [2.45, 2.75) is 89.8 Å². The number of nitrogens with zero attached hydrogens (tertiary/aromatic N) is 2. The van der Waals surface area contributed by atoms with Gasteiger partial charge in [0, 0.05) is 50.3 Å². The van der Waals surface area contributed by atoms with E-state index in [-0.39, 0.29) is 30.4 Å². The number of fused-ring (bicyclic) bond motifs is 2. The first-order valence-corrected chi connectivity index (χ1v) is 17.5. The maximum absolute atomic E-state index is 13.0. The fourth-order valence-corrected chi connectivity index (χ4v) is 6.70. The van der Waals surface area contributed by atoms with Crippen LogP contribution in [0.15, 0.2) is 72.8 Å². The van der Waals surface area contributed by atoms with Crippen LogP contribution in [0.3, 0.4) is 0 Å². The lowest BCUT2D eigenvalue weighted by atomic mass is 9.86. The minimum Gasteiger partial charge on any atom is -0.444 e. The molecule has 6 rings (SSSR count). The molecule has 0 aromatic heterocycles. The van der Waals surface area contributed by atoms with Crippen LogP contribution in [0.5, 0.6) is 0 Å². The number of hydrogen-bond donors (Lipinski definition) is 2. The molecule has 3 aromatic rings. The normalized spacial score (nSPS) is 16.1. The molecule has 0 atom stereocenters. The minimum atomic E-state index is -1.03. The number of likely N-dealkylation sites (tertiary alicyclic amines) is 1. The second kappa shape index (κ2) is 16.1. The average molecular weight is 681 g/mol. The van der Waals surface area contributed by atoms with Crippen molar-refractivity contribution in [1.82, 2.24) is 15.1 Å². The summed E-state index contributed by atoms with van der Waals surface area (Å²) in [6.45, 7) is 7.54. The van der Waals surface area contributed by atoms with Crippen LogP contribution < -0.4 is 10.6 Å². The Kier molecular flexibility index (Phi) is 11.7. The highest BCUT2D eigenvalue weighted by Gasteiger charge is 2.43. The predicted molar refractivity (Wildman–Crippen MR) is 192 cm³/mol. The Morgan fingerprint density at radius 1 is 0.780 bits per heavy atom. The van der Waals surface area contributed by atoms with Gasteiger partial charge in [-0.15, -0.1) is 0 Å². The third-order valence-electron chi connectivity index (χ3n) is 9.54. The van der Waals surface area contributed by atoms with E-state index in [1.165, 1.54) is 22.3 Å². The van der Waals surface area contributed by atoms with Gasteiger partial charge in [-0.2, -0.15) is 0 Å². The van der Waals surface area contributed by atoms with Crippen molar-refractivity contribution >= 4 is 35.8 Å². The number of carbonyl (C=O) groups is 5. The average Bonchev–Trinajstić information content (AvgIpc) is 3.58. The molecule has 2 N–H and O–H groups in total. The zero-order chi connectivity index (χ0) is 35.7. The highest BCUT2D eigenvalue weighted by molar-refractivity contribution is 5.99. The molecule has 1 saturated heterocycles. The summed E-state index contributed by atoms with van der Waals surface area (Å²) < 4.78 is 5.40. The number of piperidine rings is 1. The second-order valence-electron chi connectivity index (χ2n) is 14.2. The van der Waals surface area contributed by atoms with Gasteiger partial charge in [-0.25, -0.2) is 4.79 Å². The van der Waals surface area contributed by atoms with Crippen LogP contribution in [0.2, 0.25) is 0 Å². The Bertz CT molecular complexity index is 1690. The van der Waals surface area contributed by atoms with Crippen molar-refractivity contribution < 1.29 is 28.7 Å². The molecule has 0 saturated carbocycles. The first-order chi connectivity index (χ1) is 24.0. The van der Waals surface area contributed by atoms with E-state index in [1.807, 2.05) is 68.1 Å². The number of benzene rings is 3. The number of amides is 4. The van der Waals surface area contributed by atoms with Gasteiger partial charge in [-0.3, -0.25) is 19.2 Å². The van der Waals surface area contributed by atoms with E-state index in [1.54, 1.807) is 17.0 Å². The molecule has 10 heteroatoms. The Morgan fingerprint density at radius 2 is 1.44 bits per heavy atom. The van der Waals surface area contributed by atoms with Gasteiger partial charge in [0.2, 0.25) is 18.2 Å². The first-order valence-electron chi connectivity index (χ1n) is 17.5. The van der Waals surface area contributed by atoms with Gasteiger partial charge in [-0.05, 0) is 93.7 Å². The van der Waals surface area contributed by atoms with Crippen molar-refractivity contribution in [3.63, 3.8) is 0 Å². The predicted octanol–water partition coefficient (Wildman–Crippen LogP) is 5.86. The minimum absolute atomic E-state index is 0.0337. The molecule has 2 heterocycles. The molecule has 0 bridgehead atoms. The van der Waals surface area contributed by atoms with Crippen molar-refractivity contribution in [2.75, 3.05) is 25.0 Å². The fourth-order valence-electron chi connectivity index (χ4n) is 6.70. The number of ketones is 1. The number of Topliss-reactive ketones (excluding diaryl/α,β-unsaturated/α-hetero) is 1. The number of hydrogen-bond acceptors (Lipinski definition) is 6. The van der Waals surface area contributed by atoms with Crippen molar-refractivity contribution in [2.24, 2.45) is 0 Å². The lowest BCUT2D eigenvalue weighted by Gasteiger charge is -2.40. The van der Waals surface area contributed by atoms with Gasteiger partial charge in [-0.1, -0.05) is 60.7 Å². The third kappa shape index (κ3) is 9.37. The number of nitrogens with one attached hydrogen (secondary N) is 2. The van der Waals surface area contributed by atoms with Crippen LogP contribution in [-0.2, 0) is 44.9 Å². The third-order valence-corrected chi connectivity index (χ3v) is 9.54. The second-order valence-corrected chi connectivity index (χ2v) is 14.2. The number of anilines is 1. The fraction of sp³-hybridized carbons (Fsp3) is 0.425. The maximum atomic E-state index is 13.0. The maximum Gasteiger partial charge on any atom is 0.410 e. The van der Waals surface area contributed by atoms with Crippen LogP contribution >= 0.6 is 0 Å². The summed E-state index contributed by atoms with van der Waals surface area (Å²) in [4.78, 5) is 64.3. The molecule has 3 aromatic carbocycles. The van der Waals surface area contributed by atoms with Gasteiger partial charge in [0.05, 0.1) is 0 Å². The monoisotopic (exact) mass is 680 g/mol. The molecular formula is C40H48N4O6. The summed E-state index contributed by atoms with van der Waals surface area (Å²) in [7, 11) is 0. The highest BCUT2D eigenvalue weighted by Crippen LogP contribution is 2.28. The van der Waals surface area contributed by atoms with Gasteiger partial charge in [0.25, 0.3) is 0 Å². The van der Waals surface area contributed by atoms with Crippen molar-refractivity contribution in [3.8, 4) is 0 Å². The van der Waals surface area contributed by atoms with E-state index in [9.17, 15) is 24.0 Å². The molecule has 3 aliphatic rings. The molecule has 0 radical (unpaired) electrons. The summed E-state index contributed by atoms with van der Waals surface area (Å²) >= 11 is 0. The van der Waals surface area contributed by atoms with E-state index < -0.39 is 17.2 Å². The van der Waals surface area contributed by atoms with Gasteiger partial charge < -0.3 is 25.2 Å². The summed E-state index contributed by atoms with van der Waals surface area (Å²) in [5, 5.41) is 5.66. The molecule has 50 heavy (non-hydrogen) atoms. The molecule has 0 spiro atoms. The zero-order valence-electron chi connectivity index (χ0n) is 29.3. The number of rotatable bonds is 8. The van der Waals surface area contributed by atoms with Crippen molar-refractivity contribution in [1.29, 1.82) is 0 Å². The summed E-state index contributed by atoms with van der Waals surface area (Å²) in [6, 6.07) is 23.4. The topological polar surface area (TPSA) is 125 Å². The van der Waals surface area contributed by atoms with Gasteiger partial charge in [0.15, 0.2) is 5.78 Å². The smallest absolute Gasteiger partial charge is 0.410 e. The van der Waals surface area contributed by atoms with Crippen LogP contribution in [0.1, 0.15) is 85.5 Å². The molecule has 1 fully saturated rings. The Labute approximate surface area is 294 Å². The quantitative estimate of drug-likeness (QED) is 0.227. The Balaban J connectivity index is 0.000000200. The van der Waals surface area contributed by atoms with Gasteiger partial charge in [0.1, 0.15) is 11.1 Å². The van der Waals surface area contributed by atoms with E-state index in [0.717, 1.165) is 37.9 Å². The lowest BCUT2D eigenvalue weighted by molar-refractivity contribution is -0.132. The number of aryl methyl sites for hydroxylation is 2. The summed E-state index contributed by atoms with van der Waals surface area (Å²) in [6.07, 6.45) is 5.55. The first kappa shape index (κ1) is 36.3. The van der Waals surface area contributed by atoms with Crippen LogP contribution in [0.4, 0.5) is 10.5 Å². The largest absolute Gasteiger partial charge is 0.444 e. The highest BCUT2D eigenvalue weighted by atomic mass is 16.6. The van der Waals surface area contributed by atoms with E-state index in [0.29, 0.717) is 44.4 Å². The van der Waals surface area contributed by atoms with Crippen LogP contribution in [0.25, 0.3) is 0 Å². The number of ether oxygens (including phenoxy) is 1. The molecule has 4 amide bonds. The van der Waals surface area contributed by atoms with Crippen molar-refractivity contribution in [3.05, 3.63) is 101 Å². The molecule has 2 aliphatic heterocycles. The molecule has 264 valence electrons. The summed E-state index contributed by atoms with van der Waals surface area (Å²) in [5.74, 6) is -0.147.